The van der Waals surface area contributed by atoms with E-state index in [0.717, 1.165) is 11.1 Å². The van der Waals surface area contributed by atoms with Gasteiger partial charge >= 0.3 is 0 Å². The third-order valence-corrected chi connectivity index (χ3v) is 7.74. The monoisotopic (exact) mass is 417 g/mol. The van der Waals surface area contributed by atoms with Crippen LogP contribution in [-0.2, 0) is 21.2 Å². The van der Waals surface area contributed by atoms with Crippen LogP contribution in [0.25, 0.3) is 21.3 Å². The standard InChI is InChI=1S/C19H19N3O4S2/c1-21(14-7-8-28(25,26)11-14)16(23)9-22-12-20-18-17(19(22)24)15(10-27-18)13-5-3-2-4-6-13/h2-6,10,12,14H,7-9,11H2,1H3/t14-/m1/s1. The first-order valence-corrected chi connectivity index (χ1v) is 11.5. The number of rotatable bonds is 4. The van der Waals surface area contributed by atoms with Gasteiger partial charge in [-0.25, -0.2) is 13.4 Å². The lowest BCUT2D eigenvalue weighted by Crippen LogP contribution is -2.41. The summed E-state index contributed by atoms with van der Waals surface area (Å²) >= 11 is 1.39. The lowest BCUT2D eigenvalue weighted by atomic mass is 10.1. The van der Waals surface area contributed by atoms with Gasteiger partial charge in [-0.15, -0.1) is 11.3 Å². The summed E-state index contributed by atoms with van der Waals surface area (Å²) in [5, 5.41) is 2.40. The summed E-state index contributed by atoms with van der Waals surface area (Å²) in [6.45, 7) is -0.168. The van der Waals surface area contributed by atoms with Gasteiger partial charge in [0.25, 0.3) is 5.56 Å². The maximum atomic E-state index is 13.0. The van der Waals surface area contributed by atoms with E-state index in [-0.39, 0.29) is 35.6 Å². The van der Waals surface area contributed by atoms with Crippen LogP contribution in [0, 0.1) is 0 Å². The largest absolute Gasteiger partial charge is 0.340 e. The van der Waals surface area contributed by atoms with E-state index in [1.807, 2.05) is 35.7 Å². The van der Waals surface area contributed by atoms with Crippen molar-refractivity contribution in [3.8, 4) is 11.1 Å². The third kappa shape index (κ3) is 3.47. The molecule has 1 aliphatic rings. The predicted octanol–water partition coefficient (Wildman–Crippen LogP) is 1.77. The van der Waals surface area contributed by atoms with Crippen LogP contribution < -0.4 is 5.56 Å². The molecule has 2 aromatic heterocycles. The summed E-state index contributed by atoms with van der Waals surface area (Å²) in [5.41, 5.74) is 1.45. The van der Waals surface area contributed by atoms with E-state index >= 15 is 0 Å². The van der Waals surface area contributed by atoms with E-state index in [4.69, 9.17) is 0 Å². The minimum absolute atomic E-state index is 0.0237. The second-order valence-electron chi connectivity index (χ2n) is 6.93. The molecule has 0 saturated carbocycles. The summed E-state index contributed by atoms with van der Waals surface area (Å²) in [6, 6.07) is 9.23. The van der Waals surface area contributed by atoms with Crippen molar-refractivity contribution in [2.45, 2.75) is 19.0 Å². The van der Waals surface area contributed by atoms with Gasteiger partial charge in [0, 0.05) is 24.0 Å². The van der Waals surface area contributed by atoms with E-state index in [0.29, 0.717) is 16.6 Å². The topological polar surface area (TPSA) is 89.3 Å². The van der Waals surface area contributed by atoms with Crippen molar-refractivity contribution in [1.82, 2.24) is 14.5 Å². The number of hydrogen-bond acceptors (Lipinski definition) is 6. The first-order chi connectivity index (χ1) is 13.4. The molecule has 1 amide bonds. The first kappa shape index (κ1) is 18.8. The van der Waals surface area contributed by atoms with Gasteiger partial charge in [0.15, 0.2) is 9.84 Å². The zero-order chi connectivity index (χ0) is 19.9. The summed E-state index contributed by atoms with van der Waals surface area (Å²) in [7, 11) is -1.50. The fraction of sp³-hybridized carbons (Fsp3) is 0.316. The molecular formula is C19H19N3O4S2. The van der Waals surface area contributed by atoms with Crippen LogP contribution in [0.3, 0.4) is 0 Å². The molecule has 1 aromatic carbocycles. The Balaban J connectivity index is 1.64. The molecule has 1 saturated heterocycles. The summed E-state index contributed by atoms with van der Waals surface area (Å²) in [5.74, 6) is -0.232. The third-order valence-electron chi connectivity index (χ3n) is 5.10. The highest BCUT2D eigenvalue weighted by atomic mass is 32.2. The number of benzene rings is 1. The highest BCUT2D eigenvalue weighted by Gasteiger charge is 2.32. The summed E-state index contributed by atoms with van der Waals surface area (Å²) in [4.78, 5) is 32.1. The number of amides is 1. The Morgan fingerprint density at radius 1 is 1.32 bits per heavy atom. The molecule has 0 spiro atoms. The molecule has 1 fully saturated rings. The van der Waals surface area contributed by atoms with Gasteiger partial charge in [-0.2, -0.15) is 0 Å². The zero-order valence-electron chi connectivity index (χ0n) is 15.2. The minimum Gasteiger partial charge on any atom is -0.340 e. The van der Waals surface area contributed by atoms with E-state index in [1.54, 1.807) is 7.05 Å². The Morgan fingerprint density at radius 2 is 2.07 bits per heavy atom. The van der Waals surface area contributed by atoms with Crippen molar-refractivity contribution >= 4 is 37.3 Å². The molecule has 0 unspecified atom stereocenters. The molecule has 3 aromatic rings. The zero-order valence-corrected chi connectivity index (χ0v) is 16.9. The Labute approximate surface area is 166 Å². The Hall–Kier alpha value is -2.52. The number of carbonyl (C=O) groups excluding carboxylic acids is 1. The Morgan fingerprint density at radius 3 is 2.75 bits per heavy atom. The maximum absolute atomic E-state index is 13.0. The smallest absolute Gasteiger partial charge is 0.263 e. The number of nitrogens with zero attached hydrogens (tertiary/aromatic N) is 3. The van der Waals surface area contributed by atoms with Crippen LogP contribution in [0.4, 0.5) is 0 Å². The van der Waals surface area contributed by atoms with Crippen LogP contribution in [0.1, 0.15) is 6.42 Å². The summed E-state index contributed by atoms with van der Waals surface area (Å²) in [6.07, 6.45) is 1.81. The van der Waals surface area contributed by atoms with Crippen LogP contribution >= 0.6 is 11.3 Å². The van der Waals surface area contributed by atoms with Crippen LogP contribution in [0.15, 0.2) is 46.8 Å². The van der Waals surface area contributed by atoms with E-state index in [2.05, 4.69) is 4.98 Å². The number of aromatic nitrogens is 2. The number of sulfone groups is 1. The molecule has 9 heteroatoms. The molecule has 28 heavy (non-hydrogen) atoms. The molecule has 7 nitrogen and oxygen atoms in total. The van der Waals surface area contributed by atoms with Gasteiger partial charge in [0.05, 0.1) is 23.2 Å². The second-order valence-corrected chi connectivity index (χ2v) is 10.0. The minimum atomic E-state index is -3.09. The van der Waals surface area contributed by atoms with Crippen molar-refractivity contribution in [2.24, 2.45) is 0 Å². The molecule has 1 atom stereocenters. The second kappa shape index (κ2) is 7.14. The lowest BCUT2D eigenvalue weighted by molar-refractivity contribution is -0.132. The van der Waals surface area contributed by atoms with Crippen LogP contribution in [0.2, 0.25) is 0 Å². The van der Waals surface area contributed by atoms with Crippen LogP contribution in [0.5, 0.6) is 0 Å². The number of fused-ring (bicyclic) bond motifs is 1. The fourth-order valence-corrected chi connectivity index (χ4v) is 6.13. The van der Waals surface area contributed by atoms with Crippen LogP contribution in [-0.4, -0.2) is 53.4 Å². The molecule has 3 heterocycles. The highest BCUT2D eigenvalue weighted by molar-refractivity contribution is 7.91. The number of carbonyl (C=O) groups is 1. The first-order valence-electron chi connectivity index (χ1n) is 8.84. The quantitative estimate of drug-likeness (QED) is 0.645. The lowest BCUT2D eigenvalue weighted by Gasteiger charge is -2.23. The predicted molar refractivity (Wildman–Crippen MR) is 109 cm³/mol. The molecule has 0 N–H and O–H groups in total. The number of hydrogen-bond donors (Lipinski definition) is 0. The molecule has 0 radical (unpaired) electrons. The van der Waals surface area contributed by atoms with Crippen molar-refractivity contribution in [2.75, 3.05) is 18.6 Å². The SMILES string of the molecule is CN(C(=O)Cn1cnc2scc(-c3ccccc3)c2c1=O)[C@@H]1CCS(=O)(=O)C1. The molecular weight excluding hydrogens is 398 g/mol. The molecule has 146 valence electrons. The average Bonchev–Trinajstić information content (AvgIpc) is 3.27. The van der Waals surface area contributed by atoms with Gasteiger partial charge in [0.2, 0.25) is 5.91 Å². The van der Waals surface area contributed by atoms with Gasteiger partial charge in [-0.1, -0.05) is 30.3 Å². The van der Waals surface area contributed by atoms with Gasteiger partial charge < -0.3 is 4.90 Å². The molecule has 1 aliphatic heterocycles. The molecule has 0 aliphatic carbocycles. The van der Waals surface area contributed by atoms with Crippen molar-refractivity contribution < 1.29 is 13.2 Å². The Kier molecular flexibility index (Phi) is 4.80. The molecule has 0 bridgehead atoms. The fourth-order valence-electron chi connectivity index (χ4n) is 3.45. The van der Waals surface area contributed by atoms with E-state index in [9.17, 15) is 18.0 Å². The number of likely N-dealkylation sites (N-methyl/N-ethyl adjacent to an activating group) is 1. The number of thiophene rings is 1. The average molecular weight is 418 g/mol. The van der Waals surface area contributed by atoms with Gasteiger partial charge in [0.1, 0.15) is 11.4 Å². The maximum Gasteiger partial charge on any atom is 0.263 e. The van der Waals surface area contributed by atoms with Crippen molar-refractivity contribution in [3.63, 3.8) is 0 Å². The van der Waals surface area contributed by atoms with Gasteiger partial charge in [-0.05, 0) is 12.0 Å². The highest BCUT2D eigenvalue weighted by Crippen LogP contribution is 2.30. The van der Waals surface area contributed by atoms with Crippen molar-refractivity contribution in [1.29, 1.82) is 0 Å². The molecule has 4 rings (SSSR count). The van der Waals surface area contributed by atoms with E-state index in [1.165, 1.54) is 27.1 Å². The Bertz CT molecular complexity index is 1200. The van der Waals surface area contributed by atoms with Gasteiger partial charge in [-0.3, -0.25) is 14.2 Å². The normalized spacial score (nSPS) is 18.4. The van der Waals surface area contributed by atoms with E-state index < -0.39 is 9.84 Å². The summed E-state index contributed by atoms with van der Waals surface area (Å²) < 4.78 is 24.6. The van der Waals surface area contributed by atoms with Crippen molar-refractivity contribution in [3.05, 3.63) is 52.4 Å².